The van der Waals surface area contributed by atoms with Gasteiger partial charge >= 0.3 is 0 Å². The standard InChI is InChI=1S/C9H14O3/c1-7-8(12-11)4-3-5-9(7,2)6-10/h3,5,8,10-11H,1,4,6H2,2H3/t8-,9-/m1/s1. The molecule has 2 atom stereocenters. The zero-order chi connectivity index (χ0) is 9.19. The highest BCUT2D eigenvalue weighted by molar-refractivity contribution is 5.26. The summed E-state index contributed by atoms with van der Waals surface area (Å²) in [5.41, 5.74) is 0.265. The summed E-state index contributed by atoms with van der Waals surface area (Å²) in [5, 5.41) is 17.6. The highest BCUT2D eigenvalue weighted by Gasteiger charge is 2.32. The van der Waals surface area contributed by atoms with Crippen molar-refractivity contribution in [2.24, 2.45) is 5.41 Å². The van der Waals surface area contributed by atoms with E-state index in [1.807, 2.05) is 19.1 Å². The van der Waals surface area contributed by atoms with E-state index in [9.17, 15) is 0 Å². The van der Waals surface area contributed by atoms with Gasteiger partial charge in [0.25, 0.3) is 0 Å². The lowest BCUT2D eigenvalue weighted by Gasteiger charge is -2.33. The lowest BCUT2D eigenvalue weighted by Crippen LogP contribution is -2.32. The number of rotatable bonds is 2. The van der Waals surface area contributed by atoms with Crippen LogP contribution in [0.25, 0.3) is 0 Å². The summed E-state index contributed by atoms with van der Waals surface area (Å²) in [6.45, 7) is 5.64. The minimum atomic E-state index is -0.453. The molecule has 0 radical (unpaired) electrons. The Morgan fingerprint density at radius 3 is 3.00 bits per heavy atom. The molecule has 0 aromatic rings. The molecule has 0 aliphatic heterocycles. The molecule has 0 bridgehead atoms. The van der Waals surface area contributed by atoms with Crippen LogP contribution in [0, 0.1) is 5.41 Å². The average Bonchev–Trinajstić information content (AvgIpc) is 2.10. The molecule has 0 amide bonds. The molecule has 1 rings (SSSR count). The van der Waals surface area contributed by atoms with Crippen molar-refractivity contribution in [3.05, 3.63) is 24.3 Å². The molecule has 12 heavy (non-hydrogen) atoms. The van der Waals surface area contributed by atoms with Gasteiger partial charge in [-0.15, -0.1) is 0 Å². The molecule has 0 saturated heterocycles. The topological polar surface area (TPSA) is 49.7 Å². The minimum absolute atomic E-state index is 0.0117. The highest BCUT2D eigenvalue weighted by atomic mass is 17.1. The Morgan fingerprint density at radius 1 is 1.83 bits per heavy atom. The molecule has 1 aliphatic carbocycles. The quantitative estimate of drug-likeness (QED) is 0.374. The number of aliphatic hydroxyl groups is 1. The van der Waals surface area contributed by atoms with Crippen LogP contribution in [0.2, 0.25) is 0 Å². The highest BCUT2D eigenvalue weighted by Crippen LogP contribution is 2.35. The van der Waals surface area contributed by atoms with E-state index in [0.29, 0.717) is 6.42 Å². The van der Waals surface area contributed by atoms with Gasteiger partial charge in [-0.1, -0.05) is 25.7 Å². The van der Waals surface area contributed by atoms with Crippen LogP contribution in [0.4, 0.5) is 0 Å². The predicted molar refractivity (Wildman–Crippen MR) is 45.6 cm³/mol. The normalized spacial score (nSPS) is 35.6. The van der Waals surface area contributed by atoms with Gasteiger partial charge < -0.3 is 5.11 Å². The zero-order valence-corrected chi connectivity index (χ0v) is 7.16. The maximum Gasteiger partial charge on any atom is 0.118 e. The van der Waals surface area contributed by atoms with E-state index in [-0.39, 0.29) is 12.7 Å². The second kappa shape index (κ2) is 3.39. The molecule has 0 unspecified atom stereocenters. The Kier molecular flexibility index (Phi) is 2.67. The van der Waals surface area contributed by atoms with Crippen molar-refractivity contribution < 1.29 is 15.3 Å². The Bertz CT molecular complexity index is 210. The summed E-state index contributed by atoms with van der Waals surface area (Å²) in [5.74, 6) is 0. The van der Waals surface area contributed by atoms with Gasteiger partial charge in [0.2, 0.25) is 0 Å². The maximum atomic E-state index is 9.08. The first-order valence-corrected chi connectivity index (χ1v) is 3.92. The molecule has 0 heterocycles. The number of aliphatic hydroxyl groups excluding tert-OH is 1. The summed E-state index contributed by atoms with van der Waals surface area (Å²) >= 11 is 0. The van der Waals surface area contributed by atoms with Crippen molar-refractivity contribution in [1.82, 2.24) is 0 Å². The number of hydrogen-bond donors (Lipinski definition) is 2. The van der Waals surface area contributed by atoms with Crippen LogP contribution in [0.3, 0.4) is 0 Å². The van der Waals surface area contributed by atoms with Crippen LogP contribution < -0.4 is 0 Å². The fourth-order valence-corrected chi connectivity index (χ4v) is 1.33. The Hall–Kier alpha value is -0.640. The van der Waals surface area contributed by atoms with E-state index >= 15 is 0 Å². The van der Waals surface area contributed by atoms with Crippen LogP contribution in [0.5, 0.6) is 0 Å². The molecular formula is C9H14O3. The maximum absolute atomic E-state index is 9.08. The Morgan fingerprint density at radius 2 is 2.50 bits per heavy atom. The fraction of sp³-hybridized carbons (Fsp3) is 0.556. The van der Waals surface area contributed by atoms with Crippen molar-refractivity contribution in [3.63, 3.8) is 0 Å². The largest absolute Gasteiger partial charge is 0.395 e. The van der Waals surface area contributed by atoms with Crippen LogP contribution in [0.15, 0.2) is 24.3 Å². The van der Waals surface area contributed by atoms with Crippen LogP contribution in [-0.4, -0.2) is 23.1 Å². The van der Waals surface area contributed by atoms with E-state index in [2.05, 4.69) is 11.5 Å². The van der Waals surface area contributed by atoms with Gasteiger partial charge in [0.05, 0.1) is 6.61 Å². The molecule has 0 aromatic carbocycles. The van der Waals surface area contributed by atoms with E-state index in [1.54, 1.807) is 0 Å². The van der Waals surface area contributed by atoms with Gasteiger partial charge in [0, 0.05) is 5.41 Å². The van der Waals surface area contributed by atoms with Crippen LogP contribution >= 0.6 is 0 Å². The van der Waals surface area contributed by atoms with Crippen molar-refractivity contribution in [3.8, 4) is 0 Å². The lowest BCUT2D eigenvalue weighted by atomic mass is 9.76. The van der Waals surface area contributed by atoms with Crippen LogP contribution in [-0.2, 0) is 4.89 Å². The Labute approximate surface area is 71.9 Å². The summed E-state index contributed by atoms with van der Waals surface area (Å²) < 4.78 is 0. The molecule has 0 saturated carbocycles. The van der Waals surface area contributed by atoms with Crippen LogP contribution in [0.1, 0.15) is 13.3 Å². The SMILES string of the molecule is C=C1[C@H](OO)CC=C[C@]1(C)CO. The fourth-order valence-electron chi connectivity index (χ4n) is 1.33. The molecule has 3 heteroatoms. The third-order valence-corrected chi connectivity index (χ3v) is 2.41. The van der Waals surface area contributed by atoms with Crippen molar-refractivity contribution >= 4 is 0 Å². The molecule has 68 valence electrons. The predicted octanol–water partition coefficient (Wildman–Crippen LogP) is 1.36. The second-order valence-electron chi connectivity index (χ2n) is 3.33. The van der Waals surface area contributed by atoms with Gasteiger partial charge in [-0.05, 0) is 12.0 Å². The molecule has 1 aliphatic rings. The molecular weight excluding hydrogens is 156 g/mol. The number of hydrogen-bond acceptors (Lipinski definition) is 3. The van der Waals surface area contributed by atoms with Gasteiger partial charge in [-0.3, -0.25) is 5.26 Å². The monoisotopic (exact) mass is 170 g/mol. The Balaban J connectivity index is 2.85. The van der Waals surface area contributed by atoms with Gasteiger partial charge in [0.15, 0.2) is 0 Å². The smallest absolute Gasteiger partial charge is 0.118 e. The van der Waals surface area contributed by atoms with E-state index < -0.39 is 5.41 Å². The van der Waals surface area contributed by atoms with E-state index in [4.69, 9.17) is 10.4 Å². The van der Waals surface area contributed by atoms with Crippen molar-refractivity contribution in [2.75, 3.05) is 6.61 Å². The third kappa shape index (κ3) is 1.43. The molecule has 0 fully saturated rings. The average molecular weight is 170 g/mol. The minimum Gasteiger partial charge on any atom is -0.395 e. The lowest BCUT2D eigenvalue weighted by molar-refractivity contribution is -0.270. The zero-order valence-electron chi connectivity index (χ0n) is 7.16. The van der Waals surface area contributed by atoms with Crippen molar-refractivity contribution in [2.45, 2.75) is 19.4 Å². The van der Waals surface area contributed by atoms with E-state index in [0.717, 1.165) is 5.57 Å². The summed E-state index contributed by atoms with van der Waals surface area (Å²) in [7, 11) is 0. The van der Waals surface area contributed by atoms with Gasteiger partial charge in [-0.25, -0.2) is 4.89 Å². The first-order chi connectivity index (χ1) is 5.64. The second-order valence-corrected chi connectivity index (χ2v) is 3.33. The summed E-state index contributed by atoms with van der Waals surface area (Å²) in [6.07, 6.45) is 4.01. The van der Waals surface area contributed by atoms with Gasteiger partial charge in [-0.2, -0.15) is 0 Å². The van der Waals surface area contributed by atoms with Gasteiger partial charge in [0.1, 0.15) is 6.10 Å². The molecule has 2 N–H and O–H groups in total. The molecule has 0 aromatic heterocycles. The van der Waals surface area contributed by atoms with E-state index in [1.165, 1.54) is 0 Å². The first-order valence-electron chi connectivity index (χ1n) is 3.92. The molecule has 3 nitrogen and oxygen atoms in total. The molecule has 0 spiro atoms. The van der Waals surface area contributed by atoms with Crippen molar-refractivity contribution in [1.29, 1.82) is 0 Å². The first kappa shape index (κ1) is 9.45. The summed E-state index contributed by atoms with van der Waals surface area (Å²) in [4.78, 5) is 4.24. The third-order valence-electron chi connectivity index (χ3n) is 2.41. The summed E-state index contributed by atoms with van der Waals surface area (Å²) in [6, 6.07) is 0.